The third kappa shape index (κ3) is 4.18. The van der Waals surface area contributed by atoms with Crippen molar-refractivity contribution in [1.29, 1.82) is 0 Å². The molecule has 1 heterocycles. The average molecular weight is 379 g/mol. The number of halogens is 1. The molecule has 136 valence electrons. The highest BCUT2D eigenvalue weighted by atomic mass is 35.5. The number of nitrogens with zero attached hydrogens (tertiary/aromatic N) is 1. The van der Waals surface area contributed by atoms with Crippen molar-refractivity contribution in [2.75, 3.05) is 34.4 Å². The predicted octanol–water partition coefficient (Wildman–Crippen LogP) is 1.28. The van der Waals surface area contributed by atoms with Crippen LogP contribution in [-0.2, 0) is 14.8 Å². The second-order valence-electron chi connectivity index (χ2n) is 5.32. The Morgan fingerprint density at radius 3 is 2.38 bits per heavy atom. The van der Waals surface area contributed by atoms with Crippen molar-refractivity contribution in [3.8, 4) is 5.75 Å². The molecule has 1 aromatic carbocycles. The summed E-state index contributed by atoms with van der Waals surface area (Å²) in [5, 5.41) is 3.16. The molecule has 1 saturated heterocycles. The SMILES string of the molecule is CNC1CCN(S(=O)(=O)c2ccc(OC)c(C(=O)OC)c2)CC1.Cl. The Bertz CT molecular complexity index is 672. The maximum Gasteiger partial charge on any atom is 0.341 e. The molecule has 0 unspecified atom stereocenters. The number of piperidine rings is 1. The Balaban J connectivity index is 0.00000288. The largest absolute Gasteiger partial charge is 0.496 e. The molecule has 0 amide bonds. The van der Waals surface area contributed by atoms with E-state index >= 15 is 0 Å². The molecular weight excluding hydrogens is 356 g/mol. The summed E-state index contributed by atoms with van der Waals surface area (Å²) in [6, 6.07) is 4.57. The number of esters is 1. The molecule has 0 atom stereocenters. The highest BCUT2D eigenvalue weighted by Gasteiger charge is 2.30. The number of hydrogen-bond donors (Lipinski definition) is 1. The van der Waals surface area contributed by atoms with Crippen LogP contribution in [0.1, 0.15) is 23.2 Å². The number of methoxy groups -OCH3 is 2. The Hall–Kier alpha value is -1.35. The van der Waals surface area contributed by atoms with E-state index in [-0.39, 0.29) is 28.6 Å². The van der Waals surface area contributed by atoms with Crippen LogP contribution in [0.3, 0.4) is 0 Å². The van der Waals surface area contributed by atoms with E-state index in [4.69, 9.17) is 4.74 Å². The molecule has 2 rings (SSSR count). The topological polar surface area (TPSA) is 84.9 Å². The van der Waals surface area contributed by atoms with E-state index in [1.54, 1.807) is 0 Å². The first-order chi connectivity index (χ1) is 10.9. The van der Waals surface area contributed by atoms with Crippen LogP contribution >= 0.6 is 12.4 Å². The van der Waals surface area contributed by atoms with E-state index in [0.29, 0.717) is 19.1 Å². The second-order valence-corrected chi connectivity index (χ2v) is 7.26. The van der Waals surface area contributed by atoms with Gasteiger partial charge in [0.05, 0.1) is 19.1 Å². The van der Waals surface area contributed by atoms with E-state index in [2.05, 4.69) is 10.1 Å². The van der Waals surface area contributed by atoms with Crippen molar-refractivity contribution in [3.05, 3.63) is 23.8 Å². The average Bonchev–Trinajstić information content (AvgIpc) is 2.60. The predicted molar refractivity (Wildman–Crippen MR) is 92.4 cm³/mol. The van der Waals surface area contributed by atoms with E-state index in [1.807, 2.05) is 7.05 Å². The highest BCUT2D eigenvalue weighted by molar-refractivity contribution is 7.89. The maximum absolute atomic E-state index is 12.8. The van der Waals surface area contributed by atoms with Crippen LogP contribution in [0, 0.1) is 0 Å². The molecule has 0 aromatic heterocycles. The van der Waals surface area contributed by atoms with E-state index < -0.39 is 16.0 Å². The van der Waals surface area contributed by atoms with Crippen LogP contribution in [0.15, 0.2) is 23.1 Å². The molecule has 7 nitrogen and oxygen atoms in total. The molecule has 24 heavy (non-hydrogen) atoms. The number of benzene rings is 1. The van der Waals surface area contributed by atoms with Gasteiger partial charge in [0.2, 0.25) is 10.0 Å². The summed E-state index contributed by atoms with van der Waals surface area (Å²) in [7, 11) is 0.892. The quantitative estimate of drug-likeness (QED) is 0.777. The minimum absolute atomic E-state index is 0. The van der Waals surface area contributed by atoms with E-state index in [1.165, 1.54) is 36.7 Å². The zero-order valence-corrected chi connectivity index (χ0v) is 15.6. The van der Waals surface area contributed by atoms with Crippen LogP contribution < -0.4 is 10.1 Å². The first-order valence-corrected chi connectivity index (χ1v) is 8.81. The lowest BCUT2D eigenvalue weighted by molar-refractivity contribution is 0.0597. The molecule has 1 aliphatic rings. The van der Waals surface area contributed by atoms with Gasteiger partial charge >= 0.3 is 5.97 Å². The van der Waals surface area contributed by atoms with Gasteiger partial charge < -0.3 is 14.8 Å². The van der Waals surface area contributed by atoms with Crippen LogP contribution in [0.5, 0.6) is 5.75 Å². The molecule has 0 radical (unpaired) electrons. The molecule has 0 spiro atoms. The molecule has 1 aromatic rings. The smallest absolute Gasteiger partial charge is 0.341 e. The molecule has 1 fully saturated rings. The maximum atomic E-state index is 12.8. The third-order valence-electron chi connectivity index (χ3n) is 4.08. The third-order valence-corrected chi connectivity index (χ3v) is 5.97. The van der Waals surface area contributed by atoms with E-state index in [9.17, 15) is 13.2 Å². The minimum atomic E-state index is -3.64. The monoisotopic (exact) mass is 378 g/mol. The number of rotatable bonds is 5. The van der Waals surface area contributed by atoms with E-state index in [0.717, 1.165) is 12.8 Å². The molecule has 1 aliphatic heterocycles. The number of ether oxygens (including phenoxy) is 2. The van der Waals surface area contributed by atoms with Gasteiger partial charge in [-0.1, -0.05) is 0 Å². The lowest BCUT2D eigenvalue weighted by atomic mass is 10.1. The van der Waals surface area contributed by atoms with Crippen molar-refractivity contribution in [1.82, 2.24) is 9.62 Å². The fourth-order valence-electron chi connectivity index (χ4n) is 2.65. The summed E-state index contributed by atoms with van der Waals surface area (Å²) >= 11 is 0. The zero-order valence-electron chi connectivity index (χ0n) is 13.9. The van der Waals surface area contributed by atoms with Crippen LogP contribution in [0.25, 0.3) is 0 Å². The normalized spacial score (nSPS) is 16.3. The lowest BCUT2D eigenvalue weighted by Gasteiger charge is -2.31. The van der Waals surface area contributed by atoms with Crippen molar-refractivity contribution >= 4 is 28.4 Å². The molecular formula is C15H23ClN2O5S. The summed E-state index contributed by atoms with van der Waals surface area (Å²) < 4.78 is 36.7. The number of hydrogen-bond acceptors (Lipinski definition) is 6. The van der Waals surface area contributed by atoms with Crippen LogP contribution in [0.2, 0.25) is 0 Å². The Morgan fingerprint density at radius 2 is 1.88 bits per heavy atom. The Morgan fingerprint density at radius 1 is 1.25 bits per heavy atom. The Labute approximate surface area is 148 Å². The molecule has 9 heteroatoms. The number of carbonyl (C=O) groups excluding carboxylic acids is 1. The van der Waals surface area contributed by atoms with Crippen molar-refractivity contribution in [3.63, 3.8) is 0 Å². The zero-order chi connectivity index (χ0) is 17.0. The van der Waals surface area contributed by atoms with Gasteiger partial charge in [-0.15, -0.1) is 12.4 Å². The number of carbonyl (C=O) groups is 1. The highest BCUT2D eigenvalue weighted by Crippen LogP contribution is 2.26. The van der Waals surface area contributed by atoms with Gasteiger partial charge in [0.15, 0.2) is 0 Å². The first-order valence-electron chi connectivity index (χ1n) is 7.37. The van der Waals surface area contributed by atoms with Crippen molar-refractivity contribution in [2.45, 2.75) is 23.8 Å². The fourth-order valence-corrected chi connectivity index (χ4v) is 4.15. The van der Waals surface area contributed by atoms with Gasteiger partial charge in [0, 0.05) is 19.1 Å². The molecule has 0 aliphatic carbocycles. The summed E-state index contributed by atoms with van der Waals surface area (Å²) in [6.07, 6.45) is 1.52. The van der Waals surface area contributed by atoms with Gasteiger partial charge in [0.1, 0.15) is 11.3 Å². The van der Waals surface area contributed by atoms with Crippen molar-refractivity contribution in [2.24, 2.45) is 0 Å². The fraction of sp³-hybridized carbons (Fsp3) is 0.533. The summed E-state index contributed by atoms with van der Waals surface area (Å²) in [5.41, 5.74) is 0.0983. The van der Waals surface area contributed by atoms with Gasteiger partial charge in [-0.3, -0.25) is 0 Å². The van der Waals surface area contributed by atoms with Crippen LogP contribution in [-0.4, -0.2) is 59.1 Å². The lowest BCUT2D eigenvalue weighted by Crippen LogP contribution is -2.43. The van der Waals surface area contributed by atoms with Gasteiger partial charge in [0.25, 0.3) is 0 Å². The summed E-state index contributed by atoms with van der Waals surface area (Å²) in [5.74, 6) is -0.350. The van der Waals surface area contributed by atoms with Gasteiger partial charge in [-0.05, 0) is 38.1 Å². The summed E-state index contributed by atoms with van der Waals surface area (Å²) in [4.78, 5) is 11.9. The number of sulfonamides is 1. The molecule has 0 bridgehead atoms. The minimum Gasteiger partial charge on any atom is -0.496 e. The van der Waals surface area contributed by atoms with Gasteiger partial charge in [-0.2, -0.15) is 4.31 Å². The summed E-state index contributed by atoms with van der Waals surface area (Å²) in [6.45, 7) is 0.904. The van der Waals surface area contributed by atoms with Crippen molar-refractivity contribution < 1.29 is 22.7 Å². The second kappa shape index (κ2) is 8.66. The number of nitrogens with one attached hydrogen (secondary N) is 1. The Kier molecular flexibility index (Phi) is 7.47. The van der Waals surface area contributed by atoms with Crippen LogP contribution in [0.4, 0.5) is 0 Å². The standard InChI is InChI=1S/C15H22N2O5S.ClH/c1-16-11-6-8-17(9-7-11)23(19,20)12-4-5-14(21-2)13(10-12)15(18)22-3;/h4-5,10-11,16H,6-9H2,1-3H3;1H. The molecule has 0 saturated carbocycles. The first kappa shape index (κ1) is 20.7. The van der Waals surface area contributed by atoms with Gasteiger partial charge in [-0.25, -0.2) is 13.2 Å². The molecule has 1 N–H and O–H groups in total.